The summed E-state index contributed by atoms with van der Waals surface area (Å²) in [4.78, 5) is 2.49. The summed E-state index contributed by atoms with van der Waals surface area (Å²) in [7, 11) is 0. The van der Waals surface area contributed by atoms with Crippen molar-refractivity contribution in [1.82, 2.24) is 0 Å². The van der Waals surface area contributed by atoms with E-state index in [0.29, 0.717) is 0 Å². The zero-order valence-corrected chi connectivity index (χ0v) is 34.8. The molecule has 14 rings (SSSR count). The Morgan fingerprint density at radius 2 is 0.984 bits per heavy atom. The summed E-state index contributed by atoms with van der Waals surface area (Å²) in [6.45, 7) is 4.75. The molecule has 0 amide bonds. The summed E-state index contributed by atoms with van der Waals surface area (Å²) in [6, 6.07) is 62.1. The van der Waals surface area contributed by atoms with Gasteiger partial charge < -0.3 is 4.90 Å². The van der Waals surface area contributed by atoms with E-state index < -0.39 is 0 Å². The Hall–Kier alpha value is -6.25. The minimum atomic E-state index is -0.222. The van der Waals surface area contributed by atoms with E-state index in [0.717, 1.165) is 46.2 Å². The van der Waals surface area contributed by atoms with E-state index in [4.69, 9.17) is 0 Å². The molecule has 0 radical (unpaired) electrons. The molecule has 6 aliphatic carbocycles. The Morgan fingerprint density at radius 1 is 0.443 bits per heavy atom. The third kappa shape index (κ3) is 4.94. The molecule has 8 aromatic carbocycles. The highest BCUT2D eigenvalue weighted by Crippen LogP contribution is 2.69. The maximum atomic E-state index is 13.9. The first kappa shape index (κ1) is 35.5. The van der Waals surface area contributed by atoms with E-state index >= 15 is 0 Å². The molecule has 1 nitrogen and oxygen atoms in total. The quantitative estimate of drug-likeness (QED) is 0.168. The van der Waals surface area contributed by atoms with Crippen molar-refractivity contribution in [2.45, 2.75) is 56.8 Å². The Balaban J connectivity index is 0.984. The molecule has 4 fully saturated rings. The number of anilines is 3. The summed E-state index contributed by atoms with van der Waals surface area (Å²) in [5.74, 6) is 3.15. The molecule has 0 aliphatic heterocycles. The molecule has 0 N–H and O–H groups in total. The number of nitrogens with zero attached hydrogens (tertiary/aromatic N) is 1. The molecule has 0 aromatic heterocycles. The number of benzene rings is 8. The molecule has 1 spiro atoms. The van der Waals surface area contributed by atoms with E-state index in [1.807, 2.05) is 12.1 Å². The predicted octanol–water partition coefficient (Wildman–Crippen LogP) is 15.8. The maximum absolute atomic E-state index is 13.9. The fourth-order valence-corrected chi connectivity index (χ4v) is 13.9. The Bertz CT molecular complexity index is 3050. The molecule has 0 saturated heterocycles. The summed E-state index contributed by atoms with van der Waals surface area (Å²) in [6.07, 6.45) is 7.06. The number of hydrogen-bond acceptors (Lipinski definition) is 1. The van der Waals surface area contributed by atoms with Crippen molar-refractivity contribution in [3.8, 4) is 44.5 Å². The number of fused-ring (bicyclic) bond motifs is 7. The molecule has 0 unspecified atom stereocenters. The molecular weight excluding hydrogens is 742 g/mol. The van der Waals surface area contributed by atoms with E-state index in [9.17, 15) is 4.39 Å². The Labute approximate surface area is 358 Å². The Kier molecular flexibility index (Phi) is 7.50. The van der Waals surface area contributed by atoms with Crippen molar-refractivity contribution in [3.05, 3.63) is 198 Å². The van der Waals surface area contributed by atoms with Crippen LogP contribution in [0.3, 0.4) is 0 Å². The van der Waals surface area contributed by atoms with E-state index in [1.165, 1.54) is 105 Å². The number of halogens is 1. The molecule has 0 heterocycles. The van der Waals surface area contributed by atoms with Crippen molar-refractivity contribution in [2.75, 3.05) is 4.90 Å². The predicted molar refractivity (Wildman–Crippen MR) is 250 cm³/mol. The fraction of sp³-hybridized carbons (Fsp3) is 0.220. The smallest absolute Gasteiger partial charge is 0.123 e. The molecular formula is C59H48FN. The SMILES string of the molecule is CC1(C)c2ccccc2-c2cccc(N(c3ccc(-c4ccc(F)cc4)cc3)c3cccc4c(-c5ccc6c(c5)-c5ccccc5C65C6CC7CC(C6)CC5C7)cccc34)c21. The lowest BCUT2D eigenvalue weighted by molar-refractivity contribution is -0.0399. The fourth-order valence-electron chi connectivity index (χ4n) is 13.9. The van der Waals surface area contributed by atoms with E-state index in [-0.39, 0.29) is 16.6 Å². The zero-order chi connectivity index (χ0) is 40.6. The lowest BCUT2D eigenvalue weighted by Crippen LogP contribution is -2.55. The third-order valence-electron chi connectivity index (χ3n) is 16.1. The molecule has 8 aromatic rings. The monoisotopic (exact) mass is 789 g/mol. The van der Waals surface area contributed by atoms with Crippen molar-refractivity contribution >= 4 is 27.8 Å². The average Bonchev–Trinajstić information content (AvgIpc) is 3.71. The normalized spacial score (nSPS) is 23.2. The second-order valence-electron chi connectivity index (χ2n) is 19.4. The lowest BCUT2D eigenvalue weighted by Gasteiger charge is -2.61. The molecule has 6 aliphatic rings. The second kappa shape index (κ2) is 12.9. The van der Waals surface area contributed by atoms with Gasteiger partial charge in [-0.3, -0.25) is 0 Å². The van der Waals surface area contributed by atoms with Gasteiger partial charge in [0.2, 0.25) is 0 Å². The minimum absolute atomic E-state index is 0.167. The van der Waals surface area contributed by atoms with Gasteiger partial charge in [0.1, 0.15) is 5.82 Å². The van der Waals surface area contributed by atoms with Crippen LogP contribution in [0.4, 0.5) is 21.5 Å². The van der Waals surface area contributed by atoms with Crippen molar-refractivity contribution in [1.29, 1.82) is 0 Å². The summed E-state index contributed by atoms with van der Waals surface area (Å²) in [5, 5.41) is 2.46. The highest BCUT2D eigenvalue weighted by molar-refractivity contribution is 6.07. The molecule has 4 bridgehead atoms. The van der Waals surface area contributed by atoms with Gasteiger partial charge in [-0.2, -0.15) is 0 Å². The highest BCUT2D eigenvalue weighted by atomic mass is 19.1. The van der Waals surface area contributed by atoms with Crippen LogP contribution in [0, 0.1) is 29.5 Å². The van der Waals surface area contributed by atoms with Crippen LogP contribution in [-0.4, -0.2) is 0 Å². The minimum Gasteiger partial charge on any atom is -0.310 e. The van der Waals surface area contributed by atoms with Crippen molar-refractivity contribution < 1.29 is 4.39 Å². The Morgan fingerprint density at radius 3 is 1.72 bits per heavy atom. The molecule has 2 heteroatoms. The van der Waals surface area contributed by atoms with Crippen molar-refractivity contribution in [3.63, 3.8) is 0 Å². The number of rotatable bonds is 5. The second-order valence-corrected chi connectivity index (χ2v) is 19.4. The van der Waals surface area contributed by atoms with Crippen LogP contribution >= 0.6 is 0 Å². The van der Waals surface area contributed by atoms with Gasteiger partial charge in [-0.15, -0.1) is 0 Å². The van der Waals surface area contributed by atoms with Crippen LogP contribution in [0.15, 0.2) is 170 Å². The van der Waals surface area contributed by atoms with Crippen molar-refractivity contribution in [2.24, 2.45) is 23.7 Å². The number of hydrogen-bond donors (Lipinski definition) is 0. The zero-order valence-electron chi connectivity index (χ0n) is 34.8. The highest BCUT2D eigenvalue weighted by Gasteiger charge is 2.61. The standard InChI is InChI=1S/C59H48FN/c1-58(2)52-16-5-3-10-47(52)50-15-9-19-56(57(50)58)61(44-27-22-39(23-28-44)38-20-25-43(60)26-21-38)55-18-8-13-46-45(12-7-14-49(46)55)40-24-29-54-51(35-40)48-11-4-6-17-53(48)59(54)41-31-36-30-37(33-41)34-42(59)32-36/h3-29,35-37,41-42H,30-34H2,1-2H3. The third-order valence-corrected chi connectivity index (χ3v) is 16.1. The van der Waals surface area contributed by atoms with Gasteiger partial charge in [-0.1, -0.05) is 141 Å². The van der Waals surface area contributed by atoms with Gasteiger partial charge in [0.25, 0.3) is 0 Å². The molecule has 61 heavy (non-hydrogen) atoms. The van der Waals surface area contributed by atoms with Crippen LogP contribution in [0.25, 0.3) is 55.3 Å². The molecule has 4 saturated carbocycles. The summed E-state index contributed by atoms with van der Waals surface area (Å²) < 4.78 is 13.9. The summed E-state index contributed by atoms with van der Waals surface area (Å²) >= 11 is 0. The molecule has 296 valence electrons. The first-order valence-corrected chi connectivity index (χ1v) is 22.5. The van der Waals surface area contributed by atoms with Gasteiger partial charge in [-0.05, 0) is 170 Å². The van der Waals surface area contributed by atoms with Gasteiger partial charge in [0, 0.05) is 21.9 Å². The average molecular weight is 790 g/mol. The van der Waals surface area contributed by atoms with E-state index in [2.05, 4.69) is 164 Å². The van der Waals surface area contributed by atoms with Gasteiger partial charge >= 0.3 is 0 Å². The lowest BCUT2D eigenvalue weighted by atomic mass is 9.43. The maximum Gasteiger partial charge on any atom is 0.123 e. The van der Waals surface area contributed by atoms with Crippen LogP contribution in [0.2, 0.25) is 0 Å². The van der Waals surface area contributed by atoms with Gasteiger partial charge in [0.05, 0.1) is 11.4 Å². The van der Waals surface area contributed by atoms with Gasteiger partial charge in [0.15, 0.2) is 0 Å². The molecule has 0 atom stereocenters. The first-order chi connectivity index (χ1) is 29.9. The van der Waals surface area contributed by atoms with Crippen LogP contribution in [-0.2, 0) is 10.8 Å². The van der Waals surface area contributed by atoms with Gasteiger partial charge in [-0.25, -0.2) is 4.39 Å². The van der Waals surface area contributed by atoms with Crippen LogP contribution in [0.1, 0.15) is 68.2 Å². The van der Waals surface area contributed by atoms with Crippen LogP contribution < -0.4 is 4.90 Å². The first-order valence-electron chi connectivity index (χ1n) is 22.5. The van der Waals surface area contributed by atoms with Crippen LogP contribution in [0.5, 0.6) is 0 Å². The summed E-state index contributed by atoms with van der Waals surface area (Å²) in [5.41, 5.74) is 19.4. The largest absolute Gasteiger partial charge is 0.310 e. The van der Waals surface area contributed by atoms with E-state index in [1.54, 1.807) is 11.1 Å². The topological polar surface area (TPSA) is 3.24 Å².